The number of hydrogen-bond acceptors (Lipinski definition) is 4. The van der Waals surface area contributed by atoms with Crippen molar-refractivity contribution in [2.45, 2.75) is 0 Å². The lowest BCUT2D eigenvalue weighted by atomic mass is 10.2. The number of hydrogen-bond donors (Lipinski definition) is 0. The van der Waals surface area contributed by atoms with E-state index in [9.17, 15) is 14.0 Å². The van der Waals surface area contributed by atoms with E-state index in [1.165, 1.54) is 29.5 Å². The maximum absolute atomic E-state index is 13.4. The maximum atomic E-state index is 13.4. The summed E-state index contributed by atoms with van der Waals surface area (Å²) in [5.74, 6) is -1.05. The van der Waals surface area contributed by atoms with Gasteiger partial charge in [-0.05, 0) is 30.3 Å². The molecular weight excluding hydrogens is 343 g/mol. The molecule has 2 aromatic carbocycles. The summed E-state index contributed by atoms with van der Waals surface area (Å²) in [4.78, 5) is 28.9. The summed E-state index contributed by atoms with van der Waals surface area (Å²) in [6, 6.07) is 12.8. The lowest BCUT2D eigenvalue weighted by Crippen LogP contribution is -2.17. The summed E-state index contributed by atoms with van der Waals surface area (Å²) in [6.07, 6.45) is 0. The fourth-order valence-corrected chi connectivity index (χ4v) is 3.61. The number of rotatable bonds is 1. The van der Waals surface area contributed by atoms with Crippen LogP contribution in [-0.4, -0.2) is 10.5 Å². The number of aromatic nitrogens is 1. The zero-order valence-electron chi connectivity index (χ0n) is 13.0. The topological polar surface area (TPSA) is 64.6 Å². The average molecular weight is 354 g/mol. The van der Waals surface area contributed by atoms with Gasteiger partial charge in [-0.1, -0.05) is 29.5 Å². The molecule has 0 saturated heterocycles. The van der Waals surface area contributed by atoms with Gasteiger partial charge in [0.1, 0.15) is 17.0 Å². The van der Waals surface area contributed by atoms with Crippen LogP contribution in [0.4, 0.5) is 4.39 Å². The van der Waals surface area contributed by atoms with E-state index in [1.54, 1.807) is 41.9 Å². The molecule has 2 aromatic heterocycles. The van der Waals surface area contributed by atoms with E-state index >= 15 is 0 Å². The molecule has 7 heteroatoms. The SMILES string of the molecule is Cn1c(=NC(=O)c2cc3ccccc3oc2=O)sc2cc(F)ccc21. The van der Waals surface area contributed by atoms with Crippen molar-refractivity contribution in [1.82, 2.24) is 4.57 Å². The van der Waals surface area contributed by atoms with Crippen molar-refractivity contribution in [2.24, 2.45) is 12.0 Å². The Balaban J connectivity index is 1.87. The van der Waals surface area contributed by atoms with E-state index in [1.807, 2.05) is 0 Å². The number of halogens is 1. The van der Waals surface area contributed by atoms with E-state index in [2.05, 4.69) is 4.99 Å². The summed E-state index contributed by atoms with van der Waals surface area (Å²) in [7, 11) is 1.73. The van der Waals surface area contributed by atoms with E-state index in [0.717, 1.165) is 5.52 Å². The van der Waals surface area contributed by atoms with Crippen molar-refractivity contribution >= 4 is 38.4 Å². The predicted molar refractivity (Wildman–Crippen MR) is 93.1 cm³/mol. The number of benzene rings is 2. The zero-order valence-corrected chi connectivity index (χ0v) is 13.8. The molecule has 0 bridgehead atoms. The number of thiazole rings is 1. The number of para-hydroxylation sites is 1. The molecule has 124 valence electrons. The van der Waals surface area contributed by atoms with E-state index in [0.29, 0.717) is 20.5 Å². The van der Waals surface area contributed by atoms with Crippen LogP contribution >= 0.6 is 11.3 Å². The number of fused-ring (bicyclic) bond motifs is 2. The molecule has 0 atom stereocenters. The molecule has 2 heterocycles. The number of amides is 1. The molecule has 25 heavy (non-hydrogen) atoms. The molecule has 0 spiro atoms. The molecule has 0 aliphatic carbocycles. The van der Waals surface area contributed by atoms with Crippen LogP contribution in [0.3, 0.4) is 0 Å². The Morgan fingerprint density at radius 3 is 2.84 bits per heavy atom. The van der Waals surface area contributed by atoms with Gasteiger partial charge in [-0.25, -0.2) is 9.18 Å². The number of carbonyl (C=O) groups excluding carboxylic acids is 1. The van der Waals surface area contributed by atoms with E-state index in [4.69, 9.17) is 4.42 Å². The van der Waals surface area contributed by atoms with Crippen LogP contribution in [-0.2, 0) is 7.05 Å². The minimum atomic E-state index is -0.734. The van der Waals surface area contributed by atoms with Crippen LogP contribution < -0.4 is 10.4 Å². The highest BCUT2D eigenvalue weighted by molar-refractivity contribution is 7.16. The van der Waals surface area contributed by atoms with Crippen molar-refractivity contribution < 1.29 is 13.6 Å². The van der Waals surface area contributed by atoms with Gasteiger partial charge >= 0.3 is 5.63 Å². The molecule has 0 radical (unpaired) electrons. The van der Waals surface area contributed by atoms with Crippen LogP contribution in [0.25, 0.3) is 21.2 Å². The monoisotopic (exact) mass is 354 g/mol. The molecule has 5 nitrogen and oxygen atoms in total. The molecule has 1 amide bonds. The van der Waals surface area contributed by atoms with Gasteiger partial charge in [-0.3, -0.25) is 4.79 Å². The molecule has 4 aromatic rings. The molecule has 0 N–H and O–H groups in total. The average Bonchev–Trinajstić information content (AvgIpc) is 2.89. The van der Waals surface area contributed by atoms with Gasteiger partial charge in [0.25, 0.3) is 5.91 Å². The van der Waals surface area contributed by atoms with Gasteiger partial charge in [-0.15, -0.1) is 0 Å². The molecule has 0 saturated carbocycles. The predicted octanol–water partition coefficient (Wildman–Crippen LogP) is 3.23. The van der Waals surface area contributed by atoms with Gasteiger partial charge in [-0.2, -0.15) is 4.99 Å². The van der Waals surface area contributed by atoms with E-state index in [-0.39, 0.29) is 11.4 Å². The summed E-state index contributed by atoms with van der Waals surface area (Å²) < 4.78 is 20.9. The summed E-state index contributed by atoms with van der Waals surface area (Å²) in [5, 5.41) is 0.642. The van der Waals surface area contributed by atoms with Crippen LogP contribution in [0.2, 0.25) is 0 Å². The third-order valence-corrected chi connectivity index (χ3v) is 4.94. The van der Waals surface area contributed by atoms with Crippen LogP contribution in [0.5, 0.6) is 0 Å². The fraction of sp³-hybridized carbons (Fsp3) is 0.0556. The first-order valence-corrected chi connectivity index (χ1v) is 8.21. The summed E-state index contributed by atoms with van der Waals surface area (Å²) in [6.45, 7) is 0. The number of nitrogens with zero attached hydrogens (tertiary/aromatic N) is 2. The largest absolute Gasteiger partial charge is 0.422 e. The van der Waals surface area contributed by atoms with Crippen molar-refractivity contribution in [3.8, 4) is 0 Å². The van der Waals surface area contributed by atoms with Gasteiger partial charge in [0.2, 0.25) is 0 Å². The quantitative estimate of drug-likeness (QED) is 0.493. The molecule has 0 aliphatic heterocycles. The highest BCUT2D eigenvalue weighted by Gasteiger charge is 2.14. The molecule has 4 rings (SSSR count). The Hall–Kier alpha value is -3.06. The van der Waals surface area contributed by atoms with Crippen molar-refractivity contribution in [3.63, 3.8) is 0 Å². The normalized spacial score (nSPS) is 12.2. The van der Waals surface area contributed by atoms with Gasteiger partial charge < -0.3 is 8.98 Å². The first-order chi connectivity index (χ1) is 12.0. The third kappa shape index (κ3) is 2.68. The van der Waals surface area contributed by atoms with Crippen molar-refractivity contribution in [3.05, 3.63) is 75.1 Å². The van der Waals surface area contributed by atoms with Crippen molar-refractivity contribution in [1.29, 1.82) is 0 Å². The maximum Gasteiger partial charge on any atom is 0.349 e. The molecule has 0 unspecified atom stereocenters. The highest BCUT2D eigenvalue weighted by Crippen LogP contribution is 2.18. The van der Waals surface area contributed by atoms with Crippen LogP contribution in [0, 0.1) is 5.82 Å². The smallest absolute Gasteiger partial charge is 0.349 e. The second kappa shape index (κ2) is 5.78. The summed E-state index contributed by atoms with van der Waals surface area (Å²) in [5.41, 5.74) is 0.292. The second-order valence-electron chi connectivity index (χ2n) is 5.46. The third-order valence-electron chi connectivity index (χ3n) is 3.84. The number of aryl methyl sites for hydroxylation is 1. The van der Waals surface area contributed by atoms with E-state index < -0.39 is 11.5 Å². The Morgan fingerprint density at radius 1 is 1.20 bits per heavy atom. The standard InChI is InChI=1S/C18H11FN2O3S/c1-21-13-7-6-11(19)9-15(13)25-18(21)20-16(22)12-8-10-4-2-3-5-14(10)24-17(12)23/h2-9H,1H3. The van der Waals surface area contributed by atoms with Crippen molar-refractivity contribution in [2.75, 3.05) is 0 Å². The Bertz CT molecular complexity index is 1270. The van der Waals surface area contributed by atoms with Gasteiger partial charge in [0.15, 0.2) is 4.80 Å². The minimum Gasteiger partial charge on any atom is -0.422 e. The van der Waals surface area contributed by atoms with Crippen LogP contribution in [0.1, 0.15) is 10.4 Å². The molecule has 0 fully saturated rings. The second-order valence-corrected chi connectivity index (χ2v) is 6.47. The van der Waals surface area contributed by atoms with Gasteiger partial charge in [0.05, 0.1) is 10.2 Å². The van der Waals surface area contributed by atoms with Crippen LogP contribution in [0.15, 0.2) is 62.7 Å². The first kappa shape index (κ1) is 15.5. The lowest BCUT2D eigenvalue weighted by molar-refractivity contribution is 0.0994. The first-order valence-electron chi connectivity index (χ1n) is 7.40. The number of carbonyl (C=O) groups is 1. The fourth-order valence-electron chi connectivity index (χ4n) is 2.57. The molecule has 0 aliphatic rings. The Morgan fingerprint density at radius 2 is 2.00 bits per heavy atom. The Labute approximate surface area is 144 Å². The lowest BCUT2D eigenvalue weighted by Gasteiger charge is -1.98. The molecular formula is C18H11FN2O3S. The zero-order chi connectivity index (χ0) is 17.6. The summed E-state index contributed by atoms with van der Waals surface area (Å²) >= 11 is 1.17. The van der Waals surface area contributed by atoms with Gasteiger partial charge in [0, 0.05) is 12.4 Å². The highest BCUT2D eigenvalue weighted by atomic mass is 32.1. The minimum absolute atomic E-state index is 0.137. The Kier molecular flexibility index (Phi) is 3.58.